The molecule has 0 aliphatic heterocycles. The van der Waals surface area contributed by atoms with E-state index in [4.69, 9.17) is 4.74 Å². The van der Waals surface area contributed by atoms with Gasteiger partial charge in [-0.3, -0.25) is 9.59 Å². The summed E-state index contributed by atoms with van der Waals surface area (Å²) >= 11 is 1.32. The number of hydrogen-bond donors (Lipinski definition) is 2. The molecule has 3 aromatic rings. The van der Waals surface area contributed by atoms with E-state index in [2.05, 4.69) is 10.6 Å². The van der Waals surface area contributed by atoms with Gasteiger partial charge in [-0.2, -0.15) is 0 Å². The number of para-hydroxylation sites is 2. The van der Waals surface area contributed by atoms with Gasteiger partial charge in [0.25, 0.3) is 5.91 Å². The molecule has 0 spiro atoms. The van der Waals surface area contributed by atoms with Crippen LogP contribution >= 0.6 is 11.3 Å². The van der Waals surface area contributed by atoms with E-state index >= 15 is 0 Å². The summed E-state index contributed by atoms with van der Waals surface area (Å²) in [6, 6.07) is 19.6. The van der Waals surface area contributed by atoms with Gasteiger partial charge in [0.2, 0.25) is 5.78 Å². The van der Waals surface area contributed by atoms with Crippen LogP contribution in [-0.4, -0.2) is 25.0 Å². The van der Waals surface area contributed by atoms with E-state index in [9.17, 15) is 9.59 Å². The maximum atomic E-state index is 12.9. The van der Waals surface area contributed by atoms with Crippen LogP contribution in [0.3, 0.4) is 0 Å². The molecule has 0 aliphatic rings. The van der Waals surface area contributed by atoms with Crippen molar-refractivity contribution < 1.29 is 14.3 Å². The number of carbonyl (C=O) groups is 2. The fourth-order valence-corrected chi connectivity index (χ4v) is 3.09. The summed E-state index contributed by atoms with van der Waals surface area (Å²) < 4.78 is 5.32. The number of rotatable bonds is 7. The Hall–Kier alpha value is -3.12. The number of benzene rings is 2. The van der Waals surface area contributed by atoms with Crippen molar-refractivity contribution in [1.82, 2.24) is 5.32 Å². The van der Waals surface area contributed by atoms with Gasteiger partial charge in [0, 0.05) is 5.56 Å². The Balaban J connectivity index is 1.88. The normalized spacial score (nSPS) is 11.4. The molecule has 26 heavy (non-hydrogen) atoms. The molecule has 1 aromatic heterocycles. The molecule has 0 fully saturated rings. The summed E-state index contributed by atoms with van der Waals surface area (Å²) in [6.45, 7) is 0. The smallest absolute Gasteiger partial charge is 0.263 e. The third-order valence-corrected chi connectivity index (χ3v) is 4.62. The first-order valence-electron chi connectivity index (χ1n) is 8.02. The van der Waals surface area contributed by atoms with Crippen LogP contribution in [0.1, 0.15) is 20.0 Å². The van der Waals surface area contributed by atoms with E-state index in [1.165, 1.54) is 11.3 Å². The fourth-order valence-electron chi connectivity index (χ4n) is 2.47. The average molecular weight is 366 g/mol. The second kappa shape index (κ2) is 8.31. The van der Waals surface area contributed by atoms with E-state index in [1.54, 1.807) is 55.6 Å². The van der Waals surface area contributed by atoms with Gasteiger partial charge in [0.15, 0.2) is 6.17 Å². The van der Waals surface area contributed by atoms with Crippen molar-refractivity contribution in [2.24, 2.45) is 0 Å². The van der Waals surface area contributed by atoms with Crippen LogP contribution in [0.4, 0.5) is 5.69 Å². The lowest BCUT2D eigenvalue weighted by atomic mass is 10.1. The molecule has 2 aromatic carbocycles. The first-order chi connectivity index (χ1) is 12.7. The van der Waals surface area contributed by atoms with Crippen molar-refractivity contribution in [1.29, 1.82) is 0 Å². The highest BCUT2D eigenvalue weighted by Crippen LogP contribution is 2.24. The summed E-state index contributed by atoms with van der Waals surface area (Å²) in [5.74, 6) is 0.0434. The van der Waals surface area contributed by atoms with Crippen molar-refractivity contribution in [2.45, 2.75) is 6.17 Å². The molecule has 1 atom stereocenters. The molecule has 0 bridgehead atoms. The molecule has 132 valence electrons. The minimum absolute atomic E-state index is 0.235. The number of anilines is 1. The molecule has 0 aliphatic carbocycles. The van der Waals surface area contributed by atoms with Crippen LogP contribution in [0.25, 0.3) is 0 Å². The Bertz CT molecular complexity index is 879. The van der Waals surface area contributed by atoms with Crippen molar-refractivity contribution in [3.8, 4) is 5.75 Å². The molecule has 2 N–H and O–H groups in total. The van der Waals surface area contributed by atoms with Crippen LogP contribution in [0.15, 0.2) is 72.1 Å². The van der Waals surface area contributed by atoms with E-state index in [0.717, 1.165) is 0 Å². The molecule has 5 nitrogen and oxygen atoms in total. The van der Waals surface area contributed by atoms with Crippen molar-refractivity contribution >= 4 is 28.7 Å². The first kappa shape index (κ1) is 17.7. The van der Waals surface area contributed by atoms with Gasteiger partial charge in [-0.1, -0.05) is 48.5 Å². The number of amides is 1. The standard InChI is InChI=1S/C20H18N2O3S/c1-25-16-11-6-5-10-15(16)21-19(18(23)14-8-3-2-4-9-14)22-20(24)17-12-7-13-26-17/h2-13,19,21H,1H3,(H,22,24)/t19-/m1/s1. The number of carbonyl (C=O) groups excluding carboxylic acids is 2. The lowest BCUT2D eigenvalue weighted by Gasteiger charge is -2.21. The molecular formula is C20H18N2O3S. The second-order valence-corrected chi connectivity index (χ2v) is 6.41. The van der Waals surface area contributed by atoms with Gasteiger partial charge in [0.1, 0.15) is 5.75 Å². The van der Waals surface area contributed by atoms with Crippen LogP contribution in [0.2, 0.25) is 0 Å². The van der Waals surface area contributed by atoms with Crippen LogP contribution in [-0.2, 0) is 0 Å². The van der Waals surface area contributed by atoms with Crippen molar-refractivity contribution in [3.05, 3.63) is 82.6 Å². The number of ketones is 1. The van der Waals surface area contributed by atoms with Gasteiger partial charge in [-0.05, 0) is 23.6 Å². The third kappa shape index (κ3) is 4.10. The van der Waals surface area contributed by atoms with E-state index < -0.39 is 6.17 Å². The molecule has 1 heterocycles. The Morgan fingerprint density at radius 2 is 1.69 bits per heavy atom. The first-order valence-corrected chi connectivity index (χ1v) is 8.90. The Morgan fingerprint density at radius 3 is 2.38 bits per heavy atom. The lowest BCUT2D eigenvalue weighted by molar-refractivity contribution is 0.0871. The summed E-state index contributed by atoms with van der Waals surface area (Å²) in [5, 5.41) is 7.68. The summed E-state index contributed by atoms with van der Waals surface area (Å²) in [5.41, 5.74) is 1.13. The molecule has 0 saturated heterocycles. The quantitative estimate of drug-likeness (QED) is 0.493. The maximum absolute atomic E-state index is 12.9. The molecular weight excluding hydrogens is 348 g/mol. The van der Waals surface area contributed by atoms with Gasteiger partial charge < -0.3 is 15.4 Å². The summed E-state index contributed by atoms with van der Waals surface area (Å²) in [6.07, 6.45) is -0.928. The van der Waals surface area contributed by atoms with Crippen LogP contribution in [0.5, 0.6) is 5.75 Å². The minimum Gasteiger partial charge on any atom is -0.495 e. The largest absolute Gasteiger partial charge is 0.495 e. The van der Waals surface area contributed by atoms with E-state index in [1.807, 2.05) is 23.6 Å². The van der Waals surface area contributed by atoms with Crippen LogP contribution in [0, 0.1) is 0 Å². The SMILES string of the molecule is COc1ccccc1N[C@H](NC(=O)c1cccs1)C(=O)c1ccccc1. The van der Waals surface area contributed by atoms with Crippen molar-refractivity contribution in [2.75, 3.05) is 12.4 Å². The van der Waals surface area contributed by atoms with Gasteiger partial charge in [0.05, 0.1) is 17.7 Å². The average Bonchev–Trinajstić information content (AvgIpc) is 3.23. The predicted octanol–water partition coefficient (Wildman–Crippen LogP) is 3.81. The lowest BCUT2D eigenvalue weighted by Crippen LogP contribution is -2.46. The fraction of sp³-hybridized carbons (Fsp3) is 0.100. The number of nitrogens with one attached hydrogen (secondary N) is 2. The molecule has 1 amide bonds. The van der Waals surface area contributed by atoms with Gasteiger partial charge >= 0.3 is 0 Å². The number of ether oxygens (including phenoxy) is 1. The molecule has 0 saturated carbocycles. The topological polar surface area (TPSA) is 67.4 Å². The highest BCUT2D eigenvalue weighted by atomic mass is 32.1. The Labute approximate surface area is 155 Å². The minimum atomic E-state index is -0.928. The zero-order valence-corrected chi connectivity index (χ0v) is 15.0. The molecule has 3 rings (SSSR count). The zero-order chi connectivity index (χ0) is 18.4. The predicted molar refractivity (Wildman–Crippen MR) is 103 cm³/mol. The number of Topliss-reactive ketones (excluding diaryl/α,β-unsaturated/α-hetero) is 1. The maximum Gasteiger partial charge on any atom is 0.263 e. The number of thiophene rings is 1. The summed E-state index contributed by atoms with van der Waals surface area (Å²) in [7, 11) is 1.55. The number of methoxy groups -OCH3 is 1. The van der Waals surface area contributed by atoms with E-state index in [-0.39, 0.29) is 11.7 Å². The highest BCUT2D eigenvalue weighted by Gasteiger charge is 2.24. The van der Waals surface area contributed by atoms with Gasteiger partial charge in [-0.15, -0.1) is 11.3 Å². The number of hydrogen-bond acceptors (Lipinski definition) is 5. The van der Waals surface area contributed by atoms with Crippen molar-refractivity contribution in [3.63, 3.8) is 0 Å². The molecule has 6 heteroatoms. The highest BCUT2D eigenvalue weighted by molar-refractivity contribution is 7.12. The zero-order valence-electron chi connectivity index (χ0n) is 14.1. The van der Waals surface area contributed by atoms with Gasteiger partial charge in [-0.25, -0.2) is 0 Å². The van der Waals surface area contributed by atoms with Crippen LogP contribution < -0.4 is 15.4 Å². The Morgan fingerprint density at radius 1 is 0.962 bits per heavy atom. The molecule has 0 unspecified atom stereocenters. The Kier molecular flexibility index (Phi) is 5.66. The molecule has 0 radical (unpaired) electrons. The van der Waals surface area contributed by atoms with E-state index in [0.29, 0.717) is 21.9 Å². The second-order valence-electron chi connectivity index (χ2n) is 5.46. The summed E-state index contributed by atoms with van der Waals surface area (Å²) in [4.78, 5) is 26.0. The third-order valence-electron chi connectivity index (χ3n) is 3.75. The monoisotopic (exact) mass is 366 g/mol.